The molecule has 1 spiro atoms. The van der Waals surface area contributed by atoms with Crippen molar-refractivity contribution in [1.29, 1.82) is 0 Å². The van der Waals surface area contributed by atoms with Crippen molar-refractivity contribution in [2.45, 2.75) is 19.4 Å². The van der Waals surface area contributed by atoms with Crippen LogP contribution in [0.2, 0.25) is 0 Å². The van der Waals surface area contributed by atoms with Crippen LogP contribution in [-0.2, 0) is 10.3 Å². The van der Waals surface area contributed by atoms with Gasteiger partial charge in [0.1, 0.15) is 17.2 Å². The largest absolute Gasteiger partial charge is 0.497 e. The van der Waals surface area contributed by atoms with Crippen molar-refractivity contribution < 1.29 is 19.0 Å². The van der Waals surface area contributed by atoms with Crippen LogP contribution in [0.3, 0.4) is 0 Å². The molecule has 0 radical (unpaired) electrons. The standard InChI is InChI=1S/C25H23NO4/c1-4-26(5-2)16-10-12-20-22(14-16)29-23-15-17(28-3)11-13-21(23)25(20)19-9-7-6-8-18(19)24(27)30-25/h6-15H,4-5H2,1-3H3. The van der Waals surface area contributed by atoms with E-state index in [1.54, 1.807) is 7.11 Å². The van der Waals surface area contributed by atoms with E-state index in [2.05, 4.69) is 24.8 Å². The quantitative estimate of drug-likeness (QED) is 0.569. The lowest BCUT2D eigenvalue weighted by molar-refractivity contribution is 0.0224. The van der Waals surface area contributed by atoms with Crippen molar-refractivity contribution in [3.8, 4) is 17.2 Å². The lowest BCUT2D eigenvalue weighted by atomic mass is 9.77. The third kappa shape index (κ3) is 2.45. The van der Waals surface area contributed by atoms with E-state index in [-0.39, 0.29) is 5.97 Å². The Labute approximate surface area is 175 Å². The highest BCUT2D eigenvalue weighted by molar-refractivity contribution is 5.97. The minimum absolute atomic E-state index is 0.326. The van der Waals surface area contributed by atoms with Crippen molar-refractivity contribution in [2.24, 2.45) is 0 Å². The number of esters is 1. The van der Waals surface area contributed by atoms with Crippen LogP contribution in [0.5, 0.6) is 17.2 Å². The second-order valence-corrected chi connectivity index (χ2v) is 7.43. The number of anilines is 1. The molecular weight excluding hydrogens is 378 g/mol. The van der Waals surface area contributed by atoms with Crippen LogP contribution in [0, 0.1) is 0 Å². The Morgan fingerprint density at radius 3 is 2.33 bits per heavy atom. The maximum absolute atomic E-state index is 12.9. The van der Waals surface area contributed by atoms with Crippen LogP contribution in [0.15, 0.2) is 60.7 Å². The maximum atomic E-state index is 12.9. The third-order valence-electron chi connectivity index (χ3n) is 6.03. The molecule has 152 valence electrons. The van der Waals surface area contributed by atoms with Crippen molar-refractivity contribution in [1.82, 2.24) is 0 Å². The van der Waals surface area contributed by atoms with Gasteiger partial charge in [-0.2, -0.15) is 0 Å². The van der Waals surface area contributed by atoms with Gasteiger partial charge in [0.2, 0.25) is 0 Å². The summed E-state index contributed by atoms with van der Waals surface area (Å²) in [5, 5.41) is 0. The summed E-state index contributed by atoms with van der Waals surface area (Å²) in [6, 6.07) is 19.3. The predicted molar refractivity (Wildman–Crippen MR) is 115 cm³/mol. The number of benzene rings is 3. The van der Waals surface area contributed by atoms with Gasteiger partial charge < -0.3 is 19.1 Å². The van der Waals surface area contributed by atoms with E-state index in [1.165, 1.54) is 0 Å². The molecule has 30 heavy (non-hydrogen) atoms. The molecule has 0 saturated carbocycles. The summed E-state index contributed by atoms with van der Waals surface area (Å²) in [6.45, 7) is 6.03. The fourth-order valence-corrected chi connectivity index (χ4v) is 4.56. The minimum atomic E-state index is -1.04. The number of hydrogen-bond donors (Lipinski definition) is 0. The van der Waals surface area contributed by atoms with E-state index in [4.69, 9.17) is 14.2 Å². The summed E-state index contributed by atoms with van der Waals surface area (Å²) in [7, 11) is 1.62. The summed E-state index contributed by atoms with van der Waals surface area (Å²) < 4.78 is 17.9. The molecule has 0 bridgehead atoms. The Bertz CT molecular complexity index is 1150. The number of methoxy groups -OCH3 is 1. The second-order valence-electron chi connectivity index (χ2n) is 7.43. The average Bonchev–Trinajstić information content (AvgIpc) is 3.07. The number of carbonyl (C=O) groups is 1. The summed E-state index contributed by atoms with van der Waals surface area (Å²) in [6.07, 6.45) is 0. The van der Waals surface area contributed by atoms with Crippen LogP contribution >= 0.6 is 0 Å². The second kappa shape index (κ2) is 6.80. The third-order valence-corrected chi connectivity index (χ3v) is 6.03. The van der Waals surface area contributed by atoms with Crippen molar-refractivity contribution in [3.63, 3.8) is 0 Å². The van der Waals surface area contributed by atoms with Crippen molar-refractivity contribution in [3.05, 3.63) is 82.9 Å². The van der Waals surface area contributed by atoms with Crippen molar-refractivity contribution in [2.75, 3.05) is 25.1 Å². The van der Waals surface area contributed by atoms with Gasteiger partial charge in [-0.3, -0.25) is 0 Å². The SMILES string of the molecule is CCN(CC)c1ccc2c(c1)Oc1cc(OC)ccc1C21OC(=O)c2ccccc21. The fourth-order valence-electron chi connectivity index (χ4n) is 4.56. The zero-order valence-electron chi connectivity index (χ0n) is 17.3. The van der Waals surface area contributed by atoms with E-state index in [9.17, 15) is 4.79 Å². The van der Waals surface area contributed by atoms with Crippen LogP contribution in [0.4, 0.5) is 5.69 Å². The highest BCUT2D eigenvalue weighted by Crippen LogP contribution is 2.56. The molecule has 5 nitrogen and oxygen atoms in total. The van der Waals surface area contributed by atoms with Gasteiger partial charge >= 0.3 is 5.97 Å². The fraction of sp³-hybridized carbons (Fsp3) is 0.240. The van der Waals surface area contributed by atoms with Crippen LogP contribution in [0.25, 0.3) is 0 Å². The molecule has 2 heterocycles. The first-order valence-corrected chi connectivity index (χ1v) is 10.2. The smallest absolute Gasteiger partial charge is 0.340 e. The molecule has 0 fully saturated rings. The number of carbonyl (C=O) groups excluding carboxylic acids is 1. The summed E-state index contributed by atoms with van der Waals surface area (Å²) in [4.78, 5) is 15.1. The molecule has 0 saturated heterocycles. The molecule has 1 atom stereocenters. The molecule has 0 aliphatic carbocycles. The van der Waals surface area contributed by atoms with Gasteiger partial charge in [0.15, 0.2) is 5.60 Å². The van der Waals surface area contributed by atoms with Gasteiger partial charge in [-0.15, -0.1) is 0 Å². The van der Waals surface area contributed by atoms with Gasteiger partial charge in [0.05, 0.1) is 12.7 Å². The zero-order valence-corrected chi connectivity index (χ0v) is 17.3. The molecule has 0 N–H and O–H groups in total. The van der Waals surface area contributed by atoms with Gasteiger partial charge in [-0.1, -0.05) is 18.2 Å². The first kappa shape index (κ1) is 18.6. The lowest BCUT2D eigenvalue weighted by Crippen LogP contribution is -2.33. The molecule has 5 heteroatoms. The minimum Gasteiger partial charge on any atom is -0.497 e. The molecule has 1 unspecified atom stereocenters. The Balaban J connectivity index is 1.79. The van der Waals surface area contributed by atoms with Crippen LogP contribution in [0.1, 0.15) is 40.9 Å². The molecule has 3 aromatic rings. The molecular formula is C25H23NO4. The van der Waals surface area contributed by atoms with Crippen LogP contribution in [-0.4, -0.2) is 26.2 Å². The van der Waals surface area contributed by atoms with Crippen molar-refractivity contribution >= 4 is 11.7 Å². The first-order chi connectivity index (χ1) is 14.6. The number of hydrogen-bond acceptors (Lipinski definition) is 5. The molecule has 0 amide bonds. The topological polar surface area (TPSA) is 48.0 Å². The molecule has 3 aromatic carbocycles. The number of rotatable bonds is 4. The van der Waals surface area contributed by atoms with Crippen LogP contribution < -0.4 is 14.4 Å². The van der Waals surface area contributed by atoms with Gasteiger partial charge in [-0.05, 0) is 44.2 Å². The summed E-state index contributed by atoms with van der Waals surface area (Å²) in [5.41, 5.74) is 3.07. The van der Waals surface area contributed by atoms with E-state index in [1.807, 2.05) is 54.6 Å². The Hall–Kier alpha value is -3.47. The van der Waals surface area contributed by atoms with Gasteiger partial charge in [-0.25, -0.2) is 4.79 Å². The Morgan fingerprint density at radius 2 is 1.60 bits per heavy atom. The van der Waals surface area contributed by atoms with E-state index < -0.39 is 5.60 Å². The average molecular weight is 401 g/mol. The normalized spacial score (nSPS) is 18.2. The summed E-state index contributed by atoms with van der Waals surface area (Å²) >= 11 is 0. The number of ether oxygens (including phenoxy) is 3. The highest BCUT2D eigenvalue weighted by atomic mass is 16.6. The zero-order chi connectivity index (χ0) is 20.9. The molecule has 2 aliphatic rings. The molecule has 2 aliphatic heterocycles. The van der Waals surface area contributed by atoms with Gasteiger partial charge in [0.25, 0.3) is 0 Å². The molecule has 5 rings (SSSR count). The van der Waals surface area contributed by atoms with Gasteiger partial charge in [0, 0.05) is 47.6 Å². The van der Waals surface area contributed by atoms with E-state index in [0.29, 0.717) is 22.8 Å². The first-order valence-electron chi connectivity index (χ1n) is 10.2. The van der Waals surface area contributed by atoms with E-state index in [0.717, 1.165) is 35.5 Å². The van der Waals surface area contributed by atoms with E-state index >= 15 is 0 Å². The number of fused-ring (bicyclic) bond motifs is 6. The predicted octanol–water partition coefficient (Wildman–Crippen LogP) is 5.11. The molecule has 0 aromatic heterocycles. The Morgan fingerprint density at radius 1 is 0.900 bits per heavy atom. The summed E-state index contributed by atoms with van der Waals surface area (Å²) in [5.74, 6) is 1.67. The number of nitrogens with zero attached hydrogens (tertiary/aromatic N) is 1. The maximum Gasteiger partial charge on any atom is 0.340 e. The highest BCUT2D eigenvalue weighted by Gasteiger charge is 2.53. The lowest BCUT2D eigenvalue weighted by Gasteiger charge is -2.37. The monoisotopic (exact) mass is 401 g/mol. The Kier molecular flexibility index (Phi) is 4.21.